The number of carbonyl (C=O) groups excluding carboxylic acids is 1. The molecule has 1 amide bonds. The molecule has 3 aliphatic heterocycles. The molecule has 8 nitrogen and oxygen atoms in total. The molecule has 4 heterocycles. The van der Waals surface area contributed by atoms with Crippen LogP contribution in [0.2, 0.25) is 0 Å². The van der Waals surface area contributed by atoms with Crippen molar-refractivity contribution in [2.24, 2.45) is 4.99 Å². The Balaban J connectivity index is 1.38. The average molecular weight is 422 g/mol. The van der Waals surface area contributed by atoms with Crippen LogP contribution in [0.3, 0.4) is 0 Å². The number of aliphatic imine (C=N–C) groups is 1. The van der Waals surface area contributed by atoms with E-state index in [4.69, 9.17) is 14.5 Å². The number of rotatable bonds is 1. The van der Waals surface area contributed by atoms with E-state index in [1.807, 2.05) is 17.0 Å². The van der Waals surface area contributed by atoms with Gasteiger partial charge in [0.25, 0.3) is 5.91 Å². The largest absolute Gasteiger partial charge is 0.454 e. The molecule has 3 aliphatic rings. The number of pyridine rings is 1. The lowest BCUT2D eigenvalue weighted by molar-refractivity contribution is 0.0704. The van der Waals surface area contributed by atoms with E-state index in [1.165, 1.54) is 0 Å². The maximum atomic E-state index is 13.1. The second-order valence-electron chi connectivity index (χ2n) is 9.22. The second-order valence-corrected chi connectivity index (χ2v) is 9.22. The number of likely N-dealkylation sites (tertiary alicyclic amines) is 1. The van der Waals surface area contributed by atoms with Crippen molar-refractivity contribution >= 4 is 23.2 Å². The van der Waals surface area contributed by atoms with Crippen LogP contribution in [0.1, 0.15) is 44.0 Å². The minimum Gasteiger partial charge on any atom is -0.454 e. The minimum absolute atomic E-state index is 0.00768. The molecule has 0 atom stereocenters. The van der Waals surface area contributed by atoms with Crippen LogP contribution in [0.25, 0.3) is 0 Å². The van der Waals surface area contributed by atoms with Crippen molar-refractivity contribution in [1.29, 1.82) is 0 Å². The van der Waals surface area contributed by atoms with Crippen LogP contribution in [0.4, 0.5) is 11.5 Å². The second kappa shape index (κ2) is 7.14. The molecule has 5 rings (SSSR count). The van der Waals surface area contributed by atoms with Crippen LogP contribution >= 0.6 is 0 Å². The lowest BCUT2D eigenvalue weighted by atomic mass is 9.83. The van der Waals surface area contributed by atoms with E-state index in [0.29, 0.717) is 30.2 Å². The third kappa shape index (κ3) is 3.66. The van der Waals surface area contributed by atoms with Gasteiger partial charge in [0, 0.05) is 24.8 Å². The lowest BCUT2D eigenvalue weighted by Gasteiger charge is -2.46. The molecule has 0 bridgehead atoms. The predicted octanol–water partition coefficient (Wildman–Crippen LogP) is 3.52. The number of hydrogen-bond donors (Lipinski definition) is 2. The zero-order valence-electron chi connectivity index (χ0n) is 18.1. The van der Waals surface area contributed by atoms with Gasteiger partial charge in [-0.2, -0.15) is 0 Å². The molecule has 2 N–H and O–H groups in total. The Bertz CT molecular complexity index is 1050. The van der Waals surface area contributed by atoms with Crippen LogP contribution < -0.4 is 20.1 Å². The van der Waals surface area contributed by atoms with E-state index < -0.39 is 0 Å². The smallest absolute Gasteiger partial charge is 0.253 e. The van der Waals surface area contributed by atoms with Gasteiger partial charge in [0.15, 0.2) is 17.3 Å². The summed E-state index contributed by atoms with van der Waals surface area (Å²) < 4.78 is 10.8. The van der Waals surface area contributed by atoms with Crippen molar-refractivity contribution in [2.75, 3.05) is 30.5 Å². The molecule has 0 saturated carbocycles. The van der Waals surface area contributed by atoms with Crippen molar-refractivity contribution in [1.82, 2.24) is 9.88 Å². The highest BCUT2D eigenvalue weighted by Crippen LogP contribution is 2.38. The Morgan fingerprint density at radius 1 is 1.16 bits per heavy atom. The Hall–Kier alpha value is -3.29. The molecule has 162 valence electrons. The third-order valence-electron chi connectivity index (χ3n) is 5.84. The molecule has 1 saturated heterocycles. The first-order valence-electron chi connectivity index (χ1n) is 10.6. The van der Waals surface area contributed by atoms with E-state index in [2.05, 4.69) is 36.4 Å². The first-order chi connectivity index (χ1) is 14.8. The molecule has 8 heteroatoms. The SMILES string of the molecule is CC(C)(C)N=C1Nc2ncccc2NC12CCN(C(=O)c1ccc3c(c1)OCO3)CC2. The fourth-order valence-electron chi connectivity index (χ4n) is 4.29. The predicted molar refractivity (Wildman–Crippen MR) is 119 cm³/mol. The summed E-state index contributed by atoms with van der Waals surface area (Å²) in [7, 11) is 0. The Morgan fingerprint density at radius 2 is 1.94 bits per heavy atom. The van der Waals surface area contributed by atoms with Crippen molar-refractivity contribution in [2.45, 2.75) is 44.7 Å². The first kappa shape index (κ1) is 19.7. The van der Waals surface area contributed by atoms with Crippen molar-refractivity contribution in [3.63, 3.8) is 0 Å². The number of hydrogen-bond acceptors (Lipinski definition) is 6. The first-order valence-corrected chi connectivity index (χ1v) is 10.6. The molecule has 31 heavy (non-hydrogen) atoms. The Labute approximate surface area is 181 Å². The average Bonchev–Trinajstić information content (AvgIpc) is 3.21. The monoisotopic (exact) mass is 421 g/mol. The van der Waals surface area contributed by atoms with Crippen molar-refractivity contribution in [3.05, 3.63) is 42.1 Å². The molecule has 1 aromatic heterocycles. The number of carbonyl (C=O) groups is 1. The number of nitrogens with zero attached hydrogens (tertiary/aromatic N) is 3. The molecule has 1 aromatic carbocycles. The summed E-state index contributed by atoms with van der Waals surface area (Å²) in [6.45, 7) is 7.70. The van der Waals surface area contributed by atoms with Gasteiger partial charge in [-0.25, -0.2) is 4.98 Å². The number of benzene rings is 1. The van der Waals surface area contributed by atoms with Crippen LogP contribution in [-0.2, 0) is 0 Å². The zero-order valence-corrected chi connectivity index (χ0v) is 18.1. The van der Waals surface area contributed by atoms with E-state index in [1.54, 1.807) is 24.4 Å². The van der Waals surface area contributed by atoms with Gasteiger partial charge in [0.05, 0.1) is 16.8 Å². The Kier molecular flexibility index (Phi) is 4.53. The number of fused-ring (bicyclic) bond motifs is 2. The van der Waals surface area contributed by atoms with Gasteiger partial charge in [0.2, 0.25) is 6.79 Å². The zero-order chi connectivity index (χ0) is 21.6. The van der Waals surface area contributed by atoms with Gasteiger partial charge in [-0.05, 0) is 63.9 Å². The molecule has 0 radical (unpaired) electrons. The summed E-state index contributed by atoms with van der Waals surface area (Å²) in [6.07, 6.45) is 3.27. The summed E-state index contributed by atoms with van der Waals surface area (Å²) >= 11 is 0. The van der Waals surface area contributed by atoms with Gasteiger partial charge >= 0.3 is 0 Å². The number of anilines is 2. The number of nitrogens with one attached hydrogen (secondary N) is 2. The molecule has 1 fully saturated rings. The summed E-state index contributed by atoms with van der Waals surface area (Å²) in [6, 6.07) is 9.31. The van der Waals surface area contributed by atoms with E-state index in [9.17, 15) is 4.79 Å². The summed E-state index contributed by atoms with van der Waals surface area (Å²) in [5, 5.41) is 7.15. The van der Waals surface area contributed by atoms with Gasteiger partial charge < -0.3 is 25.0 Å². The standard InChI is InChI=1S/C23H27N5O3/c1-22(2,3)27-21-23(26-16-5-4-10-24-19(16)25-21)8-11-28(12-9-23)20(29)15-6-7-17-18(13-15)31-14-30-17/h4-7,10,13,26H,8-9,11-12,14H2,1-3H3,(H,24,25,27). The normalized spacial score (nSPS) is 20.2. The summed E-state index contributed by atoms with van der Waals surface area (Å²) in [4.78, 5) is 24.5. The van der Waals surface area contributed by atoms with Crippen molar-refractivity contribution < 1.29 is 14.3 Å². The summed E-state index contributed by atoms with van der Waals surface area (Å²) in [5.41, 5.74) is 0.997. The molecular formula is C23H27N5O3. The lowest BCUT2D eigenvalue weighted by Crippen LogP contribution is -2.59. The van der Waals surface area contributed by atoms with E-state index >= 15 is 0 Å². The van der Waals surface area contributed by atoms with Crippen LogP contribution in [0.5, 0.6) is 11.5 Å². The Morgan fingerprint density at radius 3 is 2.71 bits per heavy atom. The van der Waals surface area contributed by atoms with Gasteiger partial charge in [-0.3, -0.25) is 9.79 Å². The maximum absolute atomic E-state index is 13.1. The molecule has 1 spiro atoms. The fourth-order valence-corrected chi connectivity index (χ4v) is 4.29. The summed E-state index contributed by atoms with van der Waals surface area (Å²) in [5.74, 6) is 2.99. The minimum atomic E-state index is -0.352. The van der Waals surface area contributed by atoms with E-state index in [-0.39, 0.29) is 23.8 Å². The van der Waals surface area contributed by atoms with Gasteiger partial charge in [-0.15, -0.1) is 0 Å². The van der Waals surface area contributed by atoms with Gasteiger partial charge in [0.1, 0.15) is 5.84 Å². The quantitative estimate of drug-likeness (QED) is 0.733. The third-order valence-corrected chi connectivity index (χ3v) is 5.84. The van der Waals surface area contributed by atoms with Crippen LogP contribution in [0, 0.1) is 0 Å². The highest BCUT2D eigenvalue weighted by molar-refractivity contribution is 6.09. The fraction of sp³-hybridized carbons (Fsp3) is 0.435. The molecule has 2 aromatic rings. The molecule has 0 aliphatic carbocycles. The molecule has 0 unspecified atom stereocenters. The van der Waals surface area contributed by atoms with Gasteiger partial charge in [-0.1, -0.05) is 0 Å². The highest BCUT2D eigenvalue weighted by atomic mass is 16.7. The number of amidine groups is 1. The number of aromatic nitrogens is 1. The highest BCUT2D eigenvalue weighted by Gasteiger charge is 2.44. The number of amides is 1. The number of ether oxygens (including phenoxy) is 2. The maximum Gasteiger partial charge on any atom is 0.253 e. The molecular weight excluding hydrogens is 394 g/mol. The van der Waals surface area contributed by atoms with E-state index in [0.717, 1.165) is 30.2 Å². The van der Waals surface area contributed by atoms with Crippen LogP contribution in [-0.4, -0.2) is 52.6 Å². The topological polar surface area (TPSA) is 88.1 Å². The number of piperidine rings is 1. The van der Waals surface area contributed by atoms with Crippen molar-refractivity contribution in [3.8, 4) is 11.5 Å². The van der Waals surface area contributed by atoms with Crippen LogP contribution in [0.15, 0.2) is 41.5 Å².